The molecule has 0 aromatic rings. The van der Waals surface area contributed by atoms with Gasteiger partial charge in [0.1, 0.15) is 0 Å². The Hall–Kier alpha value is -0.120. The fourth-order valence-electron chi connectivity index (χ4n) is 3.16. The third-order valence-electron chi connectivity index (χ3n) is 4.15. The molecule has 1 saturated carbocycles. The summed E-state index contributed by atoms with van der Waals surface area (Å²) in [6, 6.07) is 0.338. The zero-order valence-electron chi connectivity index (χ0n) is 13.2. The molecule has 0 spiro atoms. The molecule has 0 saturated heterocycles. The van der Waals surface area contributed by atoms with E-state index in [2.05, 4.69) is 26.1 Å². The summed E-state index contributed by atoms with van der Waals surface area (Å²) in [6.07, 6.45) is 8.79. The van der Waals surface area contributed by atoms with Gasteiger partial charge in [0, 0.05) is 13.2 Å². The zero-order chi connectivity index (χ0) is 14.0. The van der Waals surface area contributed by atoms with E-state index in [0.717, 1.165) is 32.8 Å². The van der Waals surface area contributed by atoms with Gasteiger partial charge in [-0.2, -0.15) is 0 Å². The first-order valence-electron chi connectivity index (χ1n) is 8.24. The molecule has 114 valence electrons. The maximum atomic E-state index is 6.26. The van der Waals surface area contributed by atoms with E-state index < -0.39 is 0 Å². The zero-order valence-corrected chi connectivity index (χ0v) is 13.2. The van der Waals surface area contributed by atoms with Gasteiger partial charge in [-0.1, -0.05) is 32.6 Å². The number of rotatable bonds is 9. The van der Waals surface area contributed by atoms with Crippen LogP contribution >= 0.6 is 0 Å². The summed E-state index contributed by atoms with van der Waals surface area (Å²) in [6.45, 7) is 9.80. The van der Waals surface area contributed by atoms with Crippen LogP contribution in [0.4, 0.5) is 0 Å². The fourth-order valence-corrected chi connectivity index (χ4v) is 3.16. The molecular formula is C16H33NO2. The summed E-state index contributed by atoms with van der Waals surface area (Å²) >= 11 is 0. The third kappa shape index (κ3) is 5.41. The average molecular weight is 271 g/mol. The van der Waals surface area contributed by atoms with Crippen molar-refractivity contribution in [2.75, 3.05) is 26.4 Å². The molecule has 0 heterocycles. The maximum Gasteiger partial charge on any atom is 0.0857 e. The number of ether oxygens (including phenoxy) is 2. The molecule has 0 aromatic carbocycles. The molecule has 1 aliphatic rings. The van der Waals surface area contributed by atoms with E-state index in [1.807, 2.05) is 0 Å². The van der Waals surface area contributed by atoms with Gasteiger partial charge in [-0.25, -0.2) is 0 Å². The first-order chi connectivity index (χ1) is 9.29. The van der Waals surface area contributed by atoms with Crippen LogP contribution in [0.15, 0.2) is 0 Å². The molecule has 3 heteroatoms. The smallest absolute Gasteiger partial charge is 0.0857 e. The van der Waals surface area contributed by atoms with E-state index in [1.54, 1.807) is 0 Å². The van der Waals surface area contributed by atoms with E-state index in [4.69, 9.17) is 9.47 Å². The highest BCUT2D eigenvalue weighted by molar-refractivity contribution is 4.94. The highest BCUT2D eigenvalue weighted by atomic mass is 16.5. The van der Waals surface area contributed by atoms with Gasteiger partial charge in [0.25, 0.3) is 0 Å². The third-order valence-corrected chi connectivity index (χ3v) is 4.15. The summed E-state index contributed by atoms with van der Waals surface area (Å²) < 4.78 is 12.0. The Kier molecular flexibility index (Phi) is 8.67. The lowest BCUT2D eigenvalue weighted by molar-refractivity contribution is -0.0932. The molecule has 19 heavy (non-hydrogen) atoms. The predicted molar refractivity (Wildman–Crippen MR) is 80.6 cm³/mol. The molecule has 3 nitrogen and oxygen atoms in total. The highest BCUT2D eigenvalue weighted by Gasteiger charge is 2.39. The SMILES string of the molecule is CCCNC(COCC)C1(OCC)CCCCCC1. The van der Waals surface area contributed by atoms with Crippen molar-refractivity contribution in [3.8, 4) is 0 Å². The van der Waals surface area contributed by atoms with Crippen LogP contribution in [0.2, 0.25) is 0 Å². The van der Waals surface area contributed by atoms with E-state index in [9.17, 15) is 0 Å². The number of hydrogen-bond donors (Lipinski definition) is 1. The van der Waals surface area contributed by atoms with Crippen LogP contribution in [0, 0.1) is 0 Å². The minimum absolute atomic E-state index is 0.00437. The number of nitrogens with one attached hydrogen (secondary N) is 1. The van der Waals surface area contributed by atoms with Gasteiger partial charge in [0.05, 0.1) is 18.2 Å². The van der Waals surface area contributed by atoms with E-state index in [0.29, 0.717) is 6.04 Å². The van der Waals surface area contributed by atoms with Crippen LogP contribution in [0.1, 0.15) is 65.7 Å². The quantitative estimate of drug-likeness (QED) is 0.651. The lowest BCUT2D eigenvalue weighted by atomic mass is 9.86. The second kappa shape index (κ2) is 9.73. The molecule has 1 atom stereocenters. The molecule has 1 unspecified atom stereocenters. The molecule has 0 aliphatic heterocycles. The Morgan fingerprint density at radius 3 is 2.21 bits per heavy atom. The molecule has 0 amide bonds. The molecule has 1 N–H and O–H groups in total. The Morgan fingerprint density at radius 1 is 1.00 bits per heavy atom. The predicted octanol–water partition coefficient (Wildman–Crippen LogP) is 3.52. The van der Waals surface area contributed by atoms with Crippen molar-refractivity contribution in [2.24, 2.45) is 0 Å². The topological polar surface area (TPSA) is 30.5 Å². The molecule has 1 rings (SSSR count). The Balaban J connectivity index is 2.74. The van der Waals surface area contributed by atoms with Gasteiger partial charge in [-0.15, -0.1) is 0 Å². The van der Waals surface area contributed by atoms with Gasteiger partial charge in [0.2, 0.25) is 0 Å². The molecule has 0 radical (unpaired) electrons. The summed E-state index contributed by atoms with van der Waals surface area (Å²) in [5, 5.41) is 3.68. The fraction of sp³-hybridized carbons (Fsp3) is 1.00. The summed E-state index contributed by atoms with van der Waals surface area (Å²) in [5.41, 5.74) is -0.00437. The van der Waals surface area contributed by atoms with E-state index >= 15 is 0 Å². The van der Waals surface area contributed by atoms with Crippen molar-refractivity contribution in [3.63, 3.8) is 0 Å². The standard InChI is InChI=1S/C16H33NO2/c1-4-13-17-15(14-18-5-2)16(19-6-3)11-9-7-8-10-12-16/h15,17H,4-14H2,1-3H3. The monoisotopic (exact) mass is 271 g/mol. The normalized spacial score (nSPS) is 21.0. The first-order valence-corrected chi connectivity index (χ1v) is 8.24. The van der Waals surface area contributed by atoms with Crippen molar-refractivity contribution in [1.29, 1.82) is 0 Å². The van der Waals surface area contributed by atoms with Gasteiger partial charge >= 0.3 is 0 Å². The van der Waals surface area contributed by atoms with Gasteiger partial charge in [-0.05, 0) is 39.7 Å². The molecule has 1 aliphatic carbocycles. The van der Waals surface area contributed by atoms with Crippen LogP contribution in [0.5, 0.6) is 0 Å². The second-order valence-electron chi connectivity index (χ2n) is 5.58. The summed E-state index contributed by atoms with van der Waals surface area (Å²) in [4.78, 5) is 0. The van der Waals surface area contributed by atoms with Gasteiger partial charge < -0.3 is 14.8 Å². The lowest BCUT2D eigenvalue weighted by Gasteiger charge is -2.40. The Labute approximate surface area is 119 Å². The van der Waals surface area contributed by atoms with Crippen LogP contribution in [0.25, 0.3) is 0 Å². The van der Waals surface area contributed by atoms with Gasteiger partial charge in [0.15, 0.2) is 0 Å². The van der Waals surface area contributed by atoms with Crippen molar-refractivity contribution in [1.82, 2.24) is 5.32 Å². The van der Waals surface area contributed by atoms with Crippen molar-refractivity contribution in [3.05, 3.63) is 0 Å². The summed E-state index contributed by atoms with van der Waals surface area (Å²) in [5.74, 6) is 0. The van der Waals surface area contributed by atoms with Crippen LogP contribution < -0.4 is 5.32 Å². The minimum atomic E-state index is -0.00437. The molecule has 1 fully saturated rings. The van der Waals surface area contributed by atoms with Crippen molar-refractivity contribution < 1.29 is 9.47 Å². The second-order valence-corrected chi connectivity index (χ2v) is 5.58. The van der Waals surface area contributed by atoms with Crippen molar-refractivity contribution >= 4 is 0 Å². The van der Waals surface area contributed by atoms with Crippen LogP contribution in [0.3, 0.4) is 0 Å². The Morgan fingerprint density at radius 2 is 1.68 bits per heavy atom. The van der Waals surface area contributed by atoms with E-state index in [1.165, 1.54) is 38.5 Å². The van der Waals surface area contributed by atoms with Crippen LogP contribution in [-0.2, 0) is 9.47 Å². The van der Waals surface area contributed by atoms with E-state index in [-0.39, 0.29) is 5.60 Å². The summed E-state index contributed by atoms with van der Waals surface area (Å²) in [7, 11) is 0. The molecule has 0 aromatic heterocycles. The molecule has 0 bridgehead atoms. The van der Waals surface area contributed by atoms with Crippen molar-refractivity contribution in [2.45, 2.75) is 77.4 Å². The van der Waals surface area contributed by atoms with Gasteiger partial charge in [-0.3, -0.25) is 0 Å². The minimum Gasteiger partial charge on any atom is -0.380 e. The lowest BCUT2D eigenvalue weighted by Crippen LogP contribution is -2.55. The highest BCUT2D eigenvalue weighted by Crippen LogP contribution is 2.33. The Bertz CT molecular complexity index is 205. The number of hydrogen-bond acceptors (Lipinski definition) is 3. The largest absolute Gasteiger partial charge is 0.380 e. The van der Waals surface area contributed by atoms with Crippen LogP contribution in [-0.4, -0.2) is 38.0 Å². The molecular weight excluding hydrogens is 238 g/mol. The maximum absolute atomic E-state index is 6.26. The first kappa shape index (κ1) is 16.9. The average Bonchev–Trinajstić information content (AvgIpc) is 2.66.